The number of carbonyl (C=O) groups is 1. The van der Waals surface area contributed by atoms with Gasteiger partial charge in [-0.1, -0.05) is 24.3 Å². The number of aliphatic hydroxyl groups excluding tert-OH is 1. The van der Waals surface area contributed by atoms with Gasteiger partial charge in [-0.25, -0.2) is 4.68 Å². The second kappa shape index (κ2) is 9.45. The van der Waals surface area contributed by atoms with Crippen molar-refractivity contribution in [2.24, 2.45) is 0 Å². The molecule has 2 aromatic carbocycles. The number of esters is 1. The molecule has 3 aliphatic heterocycles. The zero-order valence-corrected chi connectivity index (χ0v) is 21.5. The van der Waals surface area contributed by atoms with Crippen molar-refractivity contribution in [1.82, 2.24) is 4.68 Å². The maximum absolute atomic E-state index is 14.1. The number of morpholine rings is 1. The van der Waals surface area contributed by atoms with Crippen LogP contribution in [0.15, 0.2) is 52.2 Å². The van der Waals surface area contributed by atoms with Gasteiger partial charge in [0, 0.05) is 29.2 Å². The standard InChI is InChI=1S/C27H22F3N3O5S/c1-14(34)38-25-21(35)11-20(33-24(25)26(36)32-8-9-37-12-23(32)31-33)16-6-7-19(27(28,29)30)18-13-39-22-5-3-2-4-15(22)10-17(16)18/h2-7,11,23,31H,8-10,12-13H2,1H3/p+1/t23-/m0/s1. The molecule has 0 spiro atoms. The molecule has 202 valence electrons. The molecule has 39 heavy (non-hydrogen) atoms. The van der Waals surface area contributed by atoms with Gasteiger partial charge in [0.2, 0.25) is 16.9 Å². The first kappa shape index (κ1) is 25.5. The van der Waals surface area contributed by atoms with Gasteiger partial charge in [-0.3, -0.25) is 15.0 Å². The quantitative estimate of drug-likeness (QED) is 0.364. The van der Waals surface area contributed by atoms with E-state index in [0.717, 1.165) is 23.4 Å². The Morgan fingerprint density at radius 1 is 1.23 bits per heavy atom. The highest BCUT2D eigenvalue weighted by Gasteiger charge is 2.41. The summed E-state index contributed by atoms with van der Waals surface area (Å²) in [7, 11) is 0. The van der Waals surface area contributed by atoms with Gasteiger partial charge in [0.15, 0.2) is 6.54 Å². The summed E-state index contributed by atoms with van der Waals surface area (Å²) in [4.78, 5) is 26.1. The van der Waals surface area contributed by atoms with Crippen LogP contribution < -0.4 is 15.6 Å². The maximum atomic E-state index is 14.1. The van der Waals surface area contributed by atoms with Gasteiger partial charge in [0.05, 0.1) is 11.3 Å². The van der Waals surface area contributed by atoms with Crippen molar-refractivity contribution < 1.29 is 37.1 Å². The number of hydrogen-bond acceptors (Lipinski definition) is 6. The van der Waals surface area contributed by atoms with E-state index in [4.69, 9.17) is 9.47 Å². The fraction of sp³-hybridized carbons (Fsp3) is 0.296. The van der Waals surface area contributed by atoms with Crippen LogP contribution in [0.1, 0.15) is 34.9 Å². The lowest BCUT2D eigenvalue weighted by Crippen LogP contribution is -2.54. The minimum Gasteiger partial charge on any atom is -0.458 e. The van der Waals surface area contributed by atoms with E-state index >= 15 is 0 Å². The molecule has 1 atom stereocenters. The van der Waals surface area contributed by atoms with Gasteiger partial charge in [0.1, 0.15) is 13.2 Å². The number of hydrogen-bond donors (Lipinski definition) is 2. The summed E-state index contributed by atoms with van der Waals surface area (Å²) in [5.41, 5.74) is 3.77. The first-order chi connectivity index (χ1) is 18.6. The predicted molar refractivity (Wildman–Crippen MR) is 137 cm³/mol. The summed E-state index contributed by atoms with van der Waals surface area (Å²) in [5, 5.41) is 11.3. The Labute approximate surface area is 224 Å². The molecule has 0 amide bonds. The van der Waals surface area contributed by atoms with Crippen LogP contribution in [0.25, 0.3) is 11.3 Å². The molecule has 3 aromatic rings. The Balaban J connectivity index is 1.64. The molecule has 0 saturated carbocycles. The Morgan fingerprint density at radius 2 is 2.03 bits per heavy atom. The van der Waals surface area contributed by atoms with Gasteiger partial charge in [-0.05, 0) is 35.2 Å². The lowest BCUT2D eigenvalue weighted by molar-refractivity contribution is -0.591. The van der Waals surface area contributed by atoms with E-state index < -0.39 is 29.3 Å². The summed E-state index contributed by atoms with van der Waals surface area (Å²) in [6.45, 7) is 1.98. The van der Waals surface area contributed by atoms with E-state index in [1.165, 1.54) is 28.6 Å². The van der Waals surface area contributed by atoms with Gasteiger partial charge in [-0.15, -0.1) is 11.8 Å². The largest absolute Gasteiger partial charge is 0.458 e. The van der Waals surface area contributed by atoms with Crippen LogP contribution in [-0.4, -0.2) is 52.1 Å². The van der Waals surface area contributed by atoms with Crippen molar-refractivity contribution >= 4 is 23.6 Å². The van der Waals surface area contributed by atoms with Crippen molar-refractivity contribution in [2.75, 3.05) is 25.2 Å². The third-order valence-corrected chi connectivity index (χ3v) is 8.17. The Hall–Kier alpha value is -3.77. The number of rotatable bonds is 2. The van der Waals surface area contributed by atoms with Crippen LogP contribution in [0.5, 0.6) is 5.75 Å². The molecule has 0 aliphatic carbocycles. The van der Waals surface area contributed by atoms with Gasteiger partial charge in [-0.2, -0.15) is 17.7 Å². The second-order valence-electron chi connectivity index (χ2n) is 9.43. The molecule has 6 rings (SSSR count). The van der Waals surface area contributed by atoms with Crippen molar-refractivity contribution in [3.05, 3.63) is 80.6 Å². The Bertz CT molecular complexity index is 1620. The molecule has 3 aliphatic rings. The molecule has 4 heterocycles. The normalized spacial score (nSPS) is 18.2. The molecule has 0 unspecified atom stereocenters. The number of thioether (sulfide) groups is 1. The number of benzene rings is 2. The van der Waals surface area contributed by atoms with Crippen LogP contribution in [0.4, 0.5) is 13.2 Å². The third kappa shape index (κ3) is 4.37. The monoisotopic (exact) mass is 558 g/mol. The third-order valence-electron chi connectivity index (χ3n) is 7.03. The number of aromatic nitrogens is 1. The summed E-state index contributed by atoms with van der Waals surface area (Å²) in [6, 6.07) is 11.0. The van der Waals surface area contributed by atoms with Crippen molar-refractivity contribution in [3.8, 4) is 17.0 Å². The average molecular weight is 559 g/mol. The average Bonchev–Trinajstić information content (AvgIpc) is 3.09. The SMILES string of the molecule is CC(=O)Oc1c2n(c(-c3ccc(C(F)(F)F)c4c3Cc3ccccc3SC4)cc1=O)N[C@@H]1COCC[N+]1=C2O. The summed E-state index contributed by atoms with van der Waals surface area (Å²) >= 11 is 1.33. The van der Waals surface area contributed by atoms with E-state index in [1.807, 2.05) is 24.3 Å². The number of aliphatic hydroxyl groups is 1. The van der Waals surface area contributed by atoms with E-state index in [1.54, 1.807) is 4.58 Å². The number of halogens is 3. The first-order valence-electron chi connectivity index (χ1n) is 12.2. The van der Waals surface area contributed by atoms with Crippen LogP contribution >= 0.6 is 11.8 Å². The van der Waals surface area contributed by atoms with Crippen LogP contribution in [-0.2, 0) is 27.9 Å². The number of nitrogens with zero attached hydrogens (tertiary/aromatic N) is 2. The van der Waals surface area contributed by atoms with E-state index in [9.17, 15) is 27.9 Å². The molecular weight excluding hydrogens is 535 g/mol. The highest BCUT2D eigenvalue weighted by Crippen LogP contribution is 2.44. The molecular formula is C27H23F3N3O5S+. The predicted octanol–water partition coefficient (Wildman–Crippen LogP) is 3.89. The molecule has 8 nitrogen and oxygen atoms in total. The summed E-state index contributed by atoms with van der Waals surface area (Å²) in [6.07, 6.45) is -4.89. The van der Waals surface area contributed by atoms with Crippen molar-refractivity contribution in [1.29, 1.82) is 0 Å². The summed E-state index contributed by atoms with van der Waals surface area (Å²) < 4.78 is 56.2. The van der Waals surface area contributed by atoms with Crippen molar-refractivity contribution in [2.45, 2.75) is 36.3 Å². The number of carbonyl (C=O) groups excluding carboxylic acids is 1. The first-order valence-corrected chi connectivity index (χ1v) is 13.2. The lowest BCUT2D eigenvalue weighted by atomic mass is 9.90. The summed E-state index contributed by atoms with van der Waals surface area (Å²) in [5.74, 6) is -1.33. The minimum absolute atomic E-state index is 0.0807. The maximum Gasteiger partial charge on any atom is 0.416 e. The van der Waals surface area contributed by atoms with E-state index in [0.29, 0.717) is 24.3 Å². The molecule has 12 heteroatoms. The minimum atomic E-state index is -4.57. The second-order valence-corrected chi connectivity index (χ2v) is 10.4. The van der Waals surface area contributed by atoms with Gasteiger partial charge < -0.3 is 14.6 Å². The van der Waals surface area contributed by atoms with Crippen LogP contribution in [0.2, 0.25) is 0 Å². The molecule has 1 fully saturated rings. The van der Waals surface area contributed by atoms with Gasteiger partial charge in [0.25, 0.3) is 6.17 Å². The molecule has 0 bridgehead atoms. The topological polar surface area (TPSA) is 92.8 Å². The molecule has 2 N–H and O–H groups in total. The van der Waals surface area contributed by atoms with Gasteiger partial charge >= 0.3 is 18.0 Å². The van der Waals surface area contributed by atoms with E-state index in [2.05, 4.69) is 5.43 Å². The zero-order chi connectivity index (χ0) is 27.5. The smallest absolute Gasteiger partial charge is 0.416 e. The number of ether oxygens (including phenoxy) is 2. The lowest BCUT2D eigenvalue weighted by Gasteiger charge is -2.31. The van der Waals surface area contributed by atoms with Crippen LogP contribution in [0, 0.1) is 0 Å². The van der Waals surface area contributed by atoms with Crippen LogP contribution in [0.3, 0.4) is 0 Å². The Kier molecular flexibility index (Phi) is 6.18. The fourth-order valence-electron chi connectivity index (χ4n) is 5.31. The van der Waals surface area contributed by atoms with E-state index in [-0.39, 0.29) is 47.4 Å². The Morgan fingerprint density at radius 3 is 2.79 bits per heavy atom. The fourth-order valence-corrected chi connectivity index (χ4v) is 6.44. The van der Waals surface area contributed by atoms with Crippen molar-refractivity contribution in [3.63, 3.8) is 0 Å². The number of fused-ring (bicyclic) bond motifs is 4. The number of alkyl halides is 3. The highest BCUT2D eigenvalue weighted by atomic mass is 32.2. The highest BCUT2D eigenvalue weighted by molar-refractivity contribution is 7.98. The number of pyridine rings is 1. The zero-order valence-electron chi connectivity index (χ0n) is 20.7. The molecule has 1 saturated heterocycles. The molecule has 0 radical (unpaired) electrons. The molecule has 1 aromatic heterocycles. The number of nitrogens with one attached hydrogen (secondary N) is 1.